The first-order chi connectivity index (χ1) is 9.10. The maximum Gasteiger partial charge on any atom is 0.155 e. The summed E-state index contributed by atoms with van der Waals surface area (Å²) >= 11 is 7.12. The number of halogens is 2. The minimum atomic E-state index is 0.726. The molecule has 0 saturated heterocycles. The fourth-order valence-electron chi connectivity index (χ4n) is 1.80. The van der Waals surface area contributed by atoms with Gasteiger partial charge < -0.3 is 10.5 Å². The van der Waals surface area contributed by atoms with Crippen LogP contribution in [0.25, 0.3) is 0 Å². The molecule has 0 amide bonds. The molecular weight excluding hydrogens is 370 g/mol. The van der Waals surface area contributed by atoms with E-state index in [4.69, 9.17) is 10.5 Å². The van der Waals surface area contributed by atoms with Crippen LogP contribution in [0, 0.1) is 0 Å². The highest BCUT2D eigenvalue weighted by molar-refractivity contribution is 9.11. The Morgan fingerprint density at radius 2 is 1.63 bits per heavy atom. The van der Waals surface area contributed by atoms with Gasteiger partial charge in [-0.1, -0.05) is 13.3 Å². The SMILES string of the molecule is CCCc1cc(Br)c(Oc2ccc(N)cc2)c(Br)c1. The normalized spacial score (nSPS) is 10.5. The van der Waals surface area contributed by atoms with E-state index >= 15 is 0 Å². The van der Waals surface area contributed by atoms with Gasteiger partial charge in [-0.15, -0.1) is 0 Å². The van der Waals surface area contributed by atoms with Crippen molar-refractivity contribution in [3.05, 3.63) is 50.9 Å². The standard InChI is InChI=1S/C15H15Br2NO/c1-2-3-10-8-13(16)15(14(17)9-10)19-12-6-4-11(18)5-7-12/h4-9H,2-3,18H2,1H3. The van der Waals surface area contributed by atoms with Crippen LogP contribution >= 0.6 is 31.9 Å². The largest absolute Gasteiger partial charge is 0.455 e. The number of hydrogen-bond donors (Lipinski definition) is 1. The second-order valence-corrected chi connectivity index (χ2v) is 6.02. The van der Waals surface area contributed by atoms with Crippen LogP contribution in [0.1, 0.15) is 18.9 Å². The molecule has 2 aromatic carbocycles. The first-order valence-electron chi connectivity index (χ1n) is 6.11. The summed E-state index contributed by atoms with van der Waals surface area (Å²) in [7, 11) is 0. The molecule has 0 unspecified atom stereocenters. The van der Waals surface area contributed by atoms with Crippen molar-refractivity contribution in [3.8, 4) is 11.5 Å². The van der Waals surface area contributed by atoms with Crippen LogP contribution in [0.4, 0.5) is 5.69 Å². The van der Waals surface area contributed by atoms with Crippen LogP contribution in [-0.2, 0) is 6.42 Å². The van der Waals surface area contributed by atoms with E-state index in [0.29, 0.717) is 0 Å². The van der Waals surface area contributed by atoms with E-state index in [1.165, 1.54) is 5.56 Å². The Bertz CT molecular complexity index is 544. The minimum Gasteiger partial charge on any atom is -0.455 e. The van der Waals surface area contributed by atoms with Gasteiger partial charge >= 0.3 is 0 Å². The van der Waals surface area contributed by atoms with Crippen LogP contribution in [-0.4, -0.2) is 0 Å². The first-order valence-corrected chi connectivity index (χ1v) is 7.70. The quantitative estimate of drug-likeness (QED) is 0.702. The maximum atomic E-state index is 5.88. The summed E-state index contributed by atoms with van der Waals surface area (Å²) in [6, 6.07) is 11.6. The highest BCUT2D eigenvalue weighted by Crippen LogP contribution is 2.38. The molecule has 100 valence electrons. The highest BCUT2D eigenvalue weighted by atomic mass is 79.9. The van der Waals surface area contributed by atoms with Gasteiger partial charge in [0.2, 0.25) is 0 Å². The summed E-state index contributed by atoms with van der Waals surface area (Å²) in [4.78, 5) is 0. The molecule has 0 aliphatic heterocycles. The third kappa shape index (κ3) is 3.74. The molecule has 2 nitrogen and oxygen atoms in total. The zero-order chi connectivity index (χ0) is 13.8. The Morgan fingerprint density at radius 1 is 1.05 bits per heavy atom. The number of benzene rings is 2. The van der Waals surface area contributed by atoms with E-state index in [0.717, 1.165) is 39.0 Å². The Hall–Kier alpha value is -1.000. The van der Waals surface area contributed by atoms with Crippen molar-refractivity contribution in [2.24, 2.45) is 0 Å². The predicted octanol–water partition coefficient (Wildman–Crippen LogP) is 5.54. The smallest absolute Gasteiger partial charge is 0.155 e. The summed E-state index contributed by atoms with van der Waals surface area (Å²) in [5.41, 5.74) is 7.67. The maximum absolute atomic E-state index is 5.88. The predicted molar refractivity (Wildman–Crippen MR) is 86.8 cm³/mol. The van der Waals surface area contributed by atoms with E-state index in [1.807, 2.05) is 24.3 Å². The van der Waals surface area contributed by atoms with Crippen molar-refractivity contribution in [2.75, 3.05) is 5.73 Å². The minimum absolute atomic E-state index is 0.726. The van der Waals surface area contributed by atoms with Crippen LogP contribution in [0.2, 0.25) is 0 Å². The van der Waals surface area contributed by atoms with E-state index < -0.39 is 0 Å². The first kappa shape index (κ1) is 14.4. The van der Waals surface area contributed by atoms with Crippen molar-refractivity contribution >= 4 is 37.5 Å². The molecule has 19 heavy (non-hydrogen) atoms. The Labute approximate surface area is 130 Å². The molecule has 4 heteroatoms. The van der Waals surface area contributed by atoms with E-state index in [1.54, 1.807) is 0 Å². The van der Waals surface area contributed by atoms with Gasteiger partial charge in [-0.3, -0.25) is 0 Å². The third-order valence-corrected chi connectivity index (χ3v) is 3.87. The van der Waals surface area contributed by atoms with Crippen LogP contribution in [0.15, 0.2) is 45.3 Å². The molecule has 0 aliphatic carbocycles. The van der Waals surface area contributed by atoms with Crippen molar-refractivity contribution in [1.82, 2.24) is 0 Å². The molecule has 0 fully saturated rings. The van der Waals surface area contributed by atoms with Gasteiger partial charge in [-0.25, -0.2) is 0 Å². The zero-order valence-electron chi connectivity index (χ0n) is 10.6. The molecule has 2 rings (SSSR count). The summed E-state index contributed by atoms with van der Waals surface area (Å²) in [5.74, 6) is 1.54. The summed E-state index contributed by atoms with van der Waals surface area (Å²) in [6.45, 7) is 2.17. The molecule has 0 saturated carbocycles. The average molecular weight is 385 g/mol. The molecule has 0 aromatic heterocycles. The number of hydrogen-bond acceptors (Lipinski definition) is 2. The summed E-state index contributed by atoms with van der Waals surface area (Å²) < 4.78 is 7.77. The van der Waals surface area contributed by atoms with E-state index in [-0.39, 0.29) is 0 Å². The molecule has 2 aromatic rings. The second-order valence-electron chi connectivity index (χ2n) is 4.31. The number of ether oxygens (including phenoxy) is 1. The topological polar surface area (TPSA) is 35.2 Å². The lowest BCUT2D eigenvalue weighted by Gasteiger charge is -2.12. The molecule has 0 atom stereocenters. The highest BCUT2D eigenvalue weighted by Gasteiger charge is 2.10. The van der Waals surface area contributed by atoms with Crippen molar-refractivity contribution in [1.29, 1.82) is 0 Å². The van der Waals surface area contributed by atoms with Gasteiger partial charge in [-0.05, 0) is 80.2 Å². The number of nitrogens with two attached hydrogens (primary N) is 1. The second kappa shape index (κ2) is 6.44. The third-order valence-electron chi connectivity index (χ3n) is 2.70. The van der Waals surface area contributed by atoms with Gasteiger partial charge in [0.1, 0.15) is 5.75 Å². The van der Waals surface area contributed by atoms with Gasteiger partial charge in [0.05, 0.1) is 8.95 Å². The van der Waals surface area contributed by atoms with E-state index in [9.17, 15) is 0 Å². The molecule has 2 N–H and O–H groups in total. The van der Waals surface area contributed by atoms with Crippen LogP contribution < -0.4 is 10.5 Å². The summed E-state index contributed by atoms with van der Waals surface area (Å²) in [5, 5.41) is 0. The lowest BCUT2D eigenvalue weighted by molar-refractivity contribution is 0.476. The monoisotopic (exact) mass is 383 g/mol. The van der Waals surface area contributed by atoms with Crippen molar-refractivity contribution < 1.29 is 4.74 Å². The van der Waals surface area contributed by atoms with E-state index in [2.05, 4.69) is 50.9 Å². The molecule has 0 spiro atoms. The number of aryl methyl sites for hydroxylation is 1. The fourth-order valence-corrected chi connectivity index (χ4v) is 3.24. The lowest BCUT2D eigenvalue weighted by atomic mass is 10.1. The molecule has 0 aliphatic rings. The van der Waals surface area contributed by atoms with Crippen molar-refractivity contribution in [2.45, 2.75) is 19.8 Å². The fraction of sp³-hybridized carbons (Fsp3) is 0.200. The number of anilines is 1. The van der Waals surface area contributed by atoms with Crippen molar-refractivity contribution in [3.63, 3.8) is 0 Å². The zero-order valence-corrected chi connectivity index (χ0v) is 13.8. The Morgan fingerprint density at radius 3 is 2.16 bits per heavy atom. The van der Waals surface area contributed by atoms with Crippen LogP contribution in [0.3, 0.4) is 0 Å². The average Bonchev–Trinajstić information content (AvgIpc) is 2.36. The van der Waals surface area contributed by atoms with Gasteiger partial charge in [-0.2, -0.15) is 0 Å². The lowest BCUT2D eigenvalue weighted by Crippen LogP contribution is -1.91. The molecule has 0 radical (unpaired) electrons. The van der Waals surface area contributed by atoms with Gasteiger partial charge in [0.15, 0.2) is 5.75 Å². The Balaban J connectivity index is 2.27. The number of rotatable bonds is 4. The number of nitrogen functional groups attached to an aromatic ring is 1. The van der Waals surface area contributed by atoms with Gasteiger partial charge in [0.25, 0.3) is 0 Å². The molecular formula is C15H15Br2NO. The summed E-state index contributed by atoms with van der Waals surface area (Å²) in [6.07, 6.45) is 2.18. The molecule has 0 heterocycles. The van der Waals surface area contributed by atoms with Gasteiger partial charge in [0, 0.05) is 5.69 Å². The molecule has 0 bridgehead atoms. The Kier molecular flexibility index (Phi) is 4.88. The van der Waals surface area contributed by atoms with Crippen LogP contribution in [0.5, 0.6) is 11.5 Å².